The van der Waals surface area contributed by atoms with E-state index in [1.807, 2.05) is 42.5 Å². The minimum Gasteiger partial charge on any atom is -0.372 e. The van der Waals surface area contributed by atoms with E-state index in [4.69, 9.17) is 0 Å². The molecule has 3 rings (SSSR count). The standard InChI is InChI=1S/C20H22N2O2S/c1-3-22(4-2)19-12-10-18(11-13-19)21-25(23,24)20-14-9-16-7-5-6-8-17(16)15-20/h5-15,21H,3-4H2,1-2H3. The van der Waals surface area contributed by atoms with Crippen LogP contribution in [0.3, 0.4) is 0 Å². The van der Waals surface area contributed by atoms with Gasteiger partial charge in [-0.2, -0.15) is 0 Å². The summed E-state index contributed by atoms with van der Waals surface area (Å²) >= 11 is 0. The molecule has 4 nitrogen and oxygen atoms in total. The summed E-state index contributed by atoms with van der Waals surface area (Å²) in [6.45, 7) is 6.02. The zero-order valence-corrected chi connectivity index (χ0v) is 15.3. The smallest absolute Gasteiger partial charge is 0.261 e. The van der Waals surface area contributed by atoms with Crippen molar-refractivity contribution in [2.24, 2.45) is 0 Å². The Morgan fingerprint density at radius 1 is 0.840 bits per heavy atom. The first-order valence-corrected chi connectivity index (χ1v) is 9.88. The van der Waals surface area contributed by atoms with Crippen molar-refractivity contribution in [2.75, 3.05) is 22.7 Å². The Morgan fingerprint density at radius 2 is 1.48 bits per heavy atom. The molecular formula is C20H22N2O2S. The fourth-order valence-corrected chi connectivity index (χ4v) is 3.97. The Labute approximate surface area is 149 Å². The van der Waals surface area contributed by atoms with E-state index in [0.29, 0.717) is 5.69 Å². The van der Waals surface area contributed by atoms with Crippen LogP contribution in [-0.2, 0) is 10.0 Å². The maximum absolute atomic E-state index is 12.7. The Balaban J connectivity index is 1.85. The quantitative estimate of drug-likeness (QED) is 0.710. The first-order valence-electron chi connectivity index (χ1n) is 8.40. The predicted molar refractivity (Wildman–Crippen MR) is 105 cm³/mol. The summed E-state index contributed by atoms with van der Waals surface area (Å²) in [4.78, 5) is 2.47. The molecule has 0 spiro atoms. The van der Waals surface area contributed by atoms with Crippen LogP contribution >= 0.6 is 0 Å². The number of rotatable bonds is 6. The van der Waals surface area contributed by atoms with Crippen LogP contribution in [0.2, 0.25) is 0 Å². The third-order valence-corrected chi connectivity index (χ3v) is 5.66. The lowest BCUT2D eigenvalue weighted by Gasteiger charge is -2.21. The van der Waals surface area contributed by atoms with Crippen LogP contribution in [0, 0.1) is 0 Å². The monoisotopic (exact) mass is 354 g/mol. The van der Waals surface area contributed by atoms with E-state index >= 15 is 0 Å². The number of hydrogen-bond acceptors (Lipinski definition) is 3. The van der Waals surface area contributed by atoms with Gasteiger partial charge in [0.15, 0.2) is 0 Å². The lowest BCUT2D eigenvalue weighted by molar-refractivity contribution is 0.601. The summed E-state index contributed by atoms with van der Waals surface area (Å²) in [6, 6.07) is 20.3. The molecule has 0 fully saturated rings. The molecule has 0 saturated heterocycles. The van der Waals surface area contributed by atoms with Crippen LogP contribution in [0.25, 0.3) is 10.8 Å². The van der Waals surface area contributed by atoms with Crippen molar-refractivity contribution in [3.8, 4) is 0 Å². The number of nitrogens with zero attached hydrogens (tertiary/aromatic N) is 1. The van der Waals surface area contributed by atoms with Crippen molar-refractivity contribution in [1.82, 2.24) is 0 Å². The van der Waals surface area contributed by atoms with Crippen LogP contribution in [0.4, 0.5) is 11.4 Å². The molecule has 0 aliphatic heterocycles. The van der Waals surface area contributed by atoms with Crippen LogP contribution in [0.1, 0.15) is 13.8 Å². The summed E-state index contributed by atoms with van der Waals surface area (Å²) in [6.07, 6.45) is 0. The third-order valence-electron chi connectivity index (χ3n) is 4.28. The highest BCUT2D eigenvalue weighted by Crippen LogP contribution is 2.23. The number of hydrogen-bond donors (Lipinski definition) is 1. The van der Waals surface area contributed by atoms with Gasteiger partial charge in [-0.3, -0.25) is 4.72 Å². The number of sulfonamides is 1. The summed E-state index contributed by atoms with van der Waals surface area (Å²) in [5, 5.41) is 1.92. The van der Waals surface area contributed by atoms with Crippen molar-refractivity contribution in [2.45, 2.75) is 18.7 Å². The van der Waals surface area contributed by atoms with Crippen molar-refractivity contribution >= 4 is 32.2 Å². The molecule has 0 aliphatic rings. The highest BCUT2D eigenvalue weighted by Gasteiger charge is 2.15. The second-order valence-electron chi connectivity index (χ2n) is 5.83. The van der Waals surface area contributed by atoms with Crippen molar-refractivity contribution < 1.29 is 8.42 Å². The second-order valence-corrected chi connectivity index (χ2v) is 7.52. The molecule has 0 saturated carbocycles. The molecule has 5 heteroatoms. The van der Waals surface area contributed by atoms with Crippen molar-refractivity contribution in [1.29, 1.82) is 0 Å². The average molecular weight is 354 g/mol. The van der Waals surface area contributed by atoms with E-state index in [1.54, 1.807) is 24.3 Å². The summed E-state index contributed by atoms with van der Waals surface area (Å²) in [5.74, 6) is 0. The van der Waals surface area contributed by atoms with Gasteiger partial charge in [0.1, 0.15) is 0 Å². The molecule has 0 aromatic heterocycles. The number of anilines is 2. The van der Waals surface area contributed by atoms with Crippen molar-refractivity contribution in [3.05, 3.63) is 66.7 Å². The maximum atomic E-state index is 12.7. The molecule has 0 bridgehead atoms. The Morgan fingerprint density at radius 3 is 2.12 bits per heavy atom. The zero-order valence-electron chi connectivity index (χ0n) is 14.4. The molecule has 1 N–H and O–H groups in total. The topological polar surface area (TPSA) is 49.4 Å². The summed E-state index contributed by atoms with van der Waals surface area (Å²) in [7, 11) is -3.61. The molecule has 130 valence electrons. The van der Waals surface area contributed by atoms with Gasteiger partial charge in [-0.15, -0.1) is 0 Å². The molecular weight excluding hydrogens is 332 g/mol. The lowest BCUT2D eigenvalue weighted by Crippen LogP contribution is -2.21. The number of benzene rings is 3. The summed E-state index contributed by atoms with van der Waals surface area (Å²) < 4.78 is 28.0. The van der Waals surface area contributed by atoms with Gasteiger partial charge in [-0.05, 0) is 61.0 Å². The first-order chi connectivity index (χ1) is 12.0. The van der Waals surface area contributed by atoms with Crippen LogP contribution in [0.5, 0.6) is 0 Å². The van der Waals surface area contributed by atoms with E-state index < -0.39 is 10.0 Å². The Bertz CT molecular complexity index is 962. The molecule has 3 aromatic carbocycles. The van der Waals surface area contributed by atoms with Gasteiger partial charge >= 0.3 is 0 Å². The third kappa shape index (κ3) is 3.77. The van der Waals surface area contributed by atoms with E-state index in [2.05, 4.69) is 23.5 Å². The Kier molecular flexibility index (Phi) is 4.95. The largest absolute Gasteiger partial charge is 0.372 e. The van der Waals surface area contributed by atoms with Crippen molar-refractivity contribution in [3.63, 3.8) is 0 Å². The van der Waals surface area contributed by atoms with Crippen LogP contribution in [0.15, 0.2) is 71.6 Å². The zero-order chi connectivity index (χ0) is 17.9. The van der Waals surface area contributed by atoms with Gasteiger partial charge in [0.25, 0.3) is 10.0 Å². The summed E-state index contributed by atoms with van der Waals surface area (Å²) in [5.41, 5.74) is 1.64. The molecule has 3 aromatic rings. The average Bonchev–Trinajstić information content (AvgIpc) is 2.63. The lowest BCUT2D eigenvalue weighted by atomic mass is 10.1. The number of fused-ring (bicyclic) bond motifs is 1. The SMILES string of the molecule is CCN(CC)c1ccc(NS(=O)(=O)c2ccc3ccccc3c2)cc1. The normalized spacial score (nSPS) is 11.4. The fourth-order valence-electron chi connectivity index (χ4n) is 2.88. The fraction of sp³-hybridized carbons (Fsp3) is 0.200. The molecule has 0 aliphatic carbocycles. The molecule has 0 radical (unpaired) electrons. The number of nitrogens with one attached hydrogen (secondary N) is 1. The highest BCUT2D eigenvalue weighted by molar-refractivity contribution is 7.92. The van der Waals surface area contributed by atoms with Gasteiger partial charge in [0, 0.05) is 24.5 Å². The molecule has 25 heavy (non-hydrogen) atoms. The highest BCUT2D eigenvalue weighted by atomic mass is 32.2. The minimum absolute atomic E-state index is 0.263. The van der Waals surface area contributed by atoms with E-state index in [1.165, 1.54) is 0 Å². The van der Waals surface area contributed by atoms with Gasteiger partial charge in [-0.25, -0.2) is 8.42 Å². The predicted octanol–water partition coefficient (Wildman–Crippen LogP) is 4.49. The van der Waals surface area contributed by atoms with Gasteiger partial charge in [0.05, 0.1) is 4.90 Å². The Hall–Kier alpha value is -2.53. The second kappa shape index (κ2) is 7.15. The molecule has 0 heterocycles. The van der Waals surface area contributed by atoms with E-state index in [0.717, 1.165) is 29.5 Å². The maximum Gasteiger partial charge on any atom is 0.261 e. The molecule has 0 atom stereocenters. The minimum atomic E-state index is -3.61. The van der Waals surface area contributed by atoms with Crippen LogP contribution in [-0.4, -0.2) is 21.5 Å². The van der Waals surface area contributed by atoms with Gasteiger partial charge in [0.2, 0.25) is 0 Å². The van der Waals surface area contributed by atoms with Crippen LogP contribution < -0.4 is 9.62 Å². The molecule has 0 unspecified atom stereocenters. The van der Waals surface area contributed by atoms with E-state index in [9.17, 15) is 8.42 Å². The van der Waals surface area contributed by atoms with E-state index in [-0.39, 0.29) is 4.90 Å². The van der Waals surface area contributed by atoms with Gasteiger partial charge in [-0.1, -0.05) is 30.3 Å². The molecule has 0 amide bonds. The first kappa shape index (κ1) is 17.3. The van der Waals surface area contributed by atoms with Gasteiger partial charge < -0.3 is 4.90 Å².